The maximum absolute atomic E-state index is 14.0. The first-order valence-electron chi connectivity index (χ1n) is 11.6. The Morgan fingerprint density at radius 2 is 1.89 bits per heavy atom. The van der Waals surface area contributed by atoms with Crippen molar-refractivity contribution in [2.75, 3.05) is 48.8 Å². The Labute approximate surface area is 212 Å². The molecule has 1 aliphatic heterocycles. The van der Waals surface area contributed by atoms with E-state index in [2.05, 4.69) is 32.1 Å². The van der Waals surface area contributed by atoms with Crippen LogP contribution in [0.5, 0.6) is 11.6 Å². The summed E-state index contributed by atoms with van der Waals surface area (Å²) in [6, 6.07) is 10.8. The first-order chi connectivity index (χ1) is 17.6. The third-order valence-electron chi connectivity index (χ3n) is 5.85. The van der Waals surface area contributed by atoms with E-state index in [1.807, 2.05) is 11.9 Å². The molecular weight excluding hydrogens is 485 g/mol. The fourth-order valence-electron chi connectivity index (χ4n) is 3.79. The second-order valence-corrected chi connectivity index (χ2v) is 8.65. The van der Waals surface area contributed by atoms with Gasteiger partial charge in [-0.15, -0.1) is 0 Å². The molecule has 8 nitrogen and oxygen atoms in total. The molecule has 0 aliphatic carbocycles. The van der Waals surface area contributed by atoms with E-state index in [9.17, 15) is 18.0 Å². The Morgan fingerprint density at radius 1 is 1.14 bits per heavy atom. The summed E-state index contributed by atoms with van der Waals surface area (Å²) in [5.41, 5.74) is 0.619. The molecule has 37 heavy (non-hydrogen) atoms. The van der Waals surface area contributed by atoms with E-state index < -0.39 is 11.7 Å². The highest BCUT2D eigenvalue weighted by atomic mass is 19.4. The van der Waals surface area contributed by atoms with Gasteiger partial charge in [-0.1, -0.05) is 12.6 Å². The number of aryl methyl sites for hydroxylation is 1. The smallest absolute Gasteiger partial charge is 0.418 e. The summed E-state index contributed by atoms with van der Waals surface area (Å²) in [7, 11) is 1.99. The normalized spacial score (nSPS) is 14.2. The number of nitrogens with zero attached hydrogens (tertiary/aromatic N) is 4. The minimum absolute atomic E-state index is 0.0467. The van der Waals surface area contributed by atoms with Gasteiger partial charge in [0.05, 0.1) is 11.3 Å². The third kappa shape index (κ3) is 6.56. The van der Waals surface area contributed by atoms with Gasteiger partial charge in [-0.05, 0) is 50.4 Å². The number of amides is 1. The van der Waals surface area contributed by atoms with Crippen LogP contribution < -0.4 is 20.3 Å². The molecule has 1 amide bonds. The number of hydrogen-bond acceptors (Lipinski definition) is 7. The summed E-state index contributed by atoms with van der Waals surface area (Å²) >= 11 is 0. The predicted molar refractivity (Wildman–Crippen MR) is 137 cm³/mol. The number of piperazine rings is 1. The predicted octanol–water partition coefficient (Wildman–Crippen LogP) is 5.22. The van der Waals surface area contributed by atoms with Crippen LogP contribution in [0.2, 0.25) is 0 Å². The van der Waals surface area contributed by atoms with E-state index in [0.29, 0.717) is 35.8 Å². The van der Waals surface area contributed by atoms with Crippen LogP contribution in [0.1, 0.15) is 11.1 Å². The lowest BCUT2D eigenvalue weighted by Crippen LogP contribution is -2.44. The van der Waals surface area contributed by atoms with Gasteiger partial charge >= 0.3 is 6.18 Å². The van der Waals surface area contributed by atoms with Gasteiger partial charge in [0, 0.05) is 55.4 Å². The Kier molecular flexibility index (Phi) is 7.63. The fraction of sp³-hybridized carbons (Fsp3) is 0.269. The number of anilines is 4. The maximum atomic E-state index is 14.0. The largest absolute Gasteiger partial charge is 0.438 e. The van der Waals surface area contributed by atoms with Gasteiger partial charge in [0.25, 0.3) is 0 Å². The molecule has 11 heteroatoms. The molecule has 0 radical (unpaired) electrons. The molecule has 4 rings (SSSR count). The van der Waals surface area contributed by atoms with Crippen molar-refractivity contribution in [1.29, 1.82) is 0 Å². The number of ether oxygens (including phenoxy) is 1. The molecule has 3 aromatic rings. The van der Waals surface area contributed by atoms with E-state index in [1.165, 1.54) is 12.3 Å². The molecule has 2 N–H and O–H groups in total. The number of hydrogen-bond donors (Lipinski definition) is 2. The zero-order valence-electron chi connectivity index (χ0n) is 20.5. The van der Waals surface area contributed by atoms with E-state index in [0.717, 1.165) is 25.2 Å². The van der Waals surface area contributed by atoms with E-state index in [1.54, 1.807) is 37.3 Å². The molecule has 194 valence electrons. The minimum atomic E-state index is -4.58. The van der Waals surface area contributed by atoms with Gasteiger partial charge in [-0.2, -0.15) is 18.2 Å². The number of rotatable bonds is 7. The number of carbonyl (C=O) groups is 1. The monoisotopic (exact) mass is 512 g/mol. The van der Waals surface area contributed by atoms with E-state index in [-0.39, 0.29) is 23.4 Å². The summed E-state index contributed by atoms with van der Waals surface area (Å²) in [6.07, 6.45) is -1.97. The lowest BCUT2D eigenvalue weighted by atomic mass is 10.1. The molecule has 2 aromatic carbocycles. The standard InChI is InChI=1S/C26H27F3N6O2/c1-4-23(36)31-18-6-5-7-20(14-18)37-24-17(2)16-30-25(33-24)32-22-9-8-19(15-21(22)26(27,28)29)35-12-10-34(3)11-13-35/h4-9,14-16H,1,10-13H2,2-3H3,(H,31,36)(H,30,32,33). The molecule has 0 unspecified atom stereocenters. The van der Waals surface area contributed by atoms with E-state index in [4.69, 9.17) is 4.74 Å². The fourth-order valence-corrected chi connectivity index (χ4v) is 3.79. The first kappa shape index (κ1) is 26.0. The molecule has 1 aromatic heterocycles. The summed E-state index contributed by atoms with van der Waals surface area (Å²) in [4.78, 5) is 24.1. The molecule has 1 saturated heterocycles. The summed E-state index contributed by atoms with van der Waals surface area (Å²) in [5.74, 6) is 0.116. The Hall–Kier alpha value is -4.12. The van der Waals surface area contributed by atoms with Gasteiger partial charge in [-0.25, -0.2) is 4.98 Å². The lowest BCUT2D eigenvalue weighted by Gasteiger charge is -2.34. The Bertz CT molecular complexity index is 1290. The van der Waals surface area contributed by atoms with Crippen molar-refractivity contribution in [1.82, 2.24) is 14.9 Å². The van der Waals surface area contributed by atoms with Crippen molar-refractivity contribution in [3.05, 3.63) is 72.4 Å². The van der Waals surface area contributed by atoms with Crippen molar-refractivity contribution >= 4 is 28.9 Å². The molecule has 0 saturated carbocycles. The molecule has 2 heterocycles. The van der Waals surface area contributed by atoms with Crippen LogP contribution in [-0.4, -0.2) is 54.0 Å². The average Bonchev–Trinajstić information content (AvgIpc) is 2.86. The molecule has 1 aliphatic rings. The van der Waals surface area contributed by atoms with Gasteiger partial charge in [0.15, 0.2) is 0 Å². The quantitative estimate of drug-likeness (QED) is 0.420. The zero-order chi connectivity index (χ0) is 26.6. The highest BCUT2D eigenvalue weighted by molar-refractivity contribution is 5.98. The summed E-state index contributed by atoms with van der Waals surface area (Å²) in [5, 5.41) is 5.33. The Morgan fingerprint density at radius 3 is 2.59 bits per heavy atom. The van der Waals surface area contributed by atoms with Gasteiger partial charge in [0.2, 0.25) is 17.7 Å². The second-order valence-electron chi connectivity index (χ2n) is 8.65. The zero-order valence-corrected chi connectivity index (χ0v) is 20.5. The molecule has 0 spiro atoms. The van der Waals surface area contributed by atoms with Gasteiger partial charge < -0.3 is 25.2 Å². The molecular formula is C26H27F3N6O2. The Balaban J connectivity index is 1.57. The van der Waals surface area contributed by atoms with Crippen molar-refractivity contribution in [2.24, 2.45) is 0 Å². The van der Waals surface area contributed by atoms with Crippen LogP contribution in [0.3, 0.4) is 0 Å². The van der Waals surface area contributed by atoms with Crippen LogP contribution in [-0.2, 0) is 11.0 Å². The summed E-state index contributed by atoms with van der Waals surface area (Å²) < 4.78 is 47.8. The molecule has 0 bridgehead atoms. The number of benzene rings is 2. The maximum Gasteiger partial charge on any atom is 0.418 e. The number of likely N-dealkylation sites (N-methyl/N-ethyl adjacent to an activating group) is 1. The minimum Gasteiger partial charge on any atom is -0.438 e. The van der Waals surface area contributed by atoms with Crippen LogP contribution in [0.15, 0.2) is 61.3 Å². The van der Waals surface area contributed by atoms with E-state index >= 15 is 0 Å². The topological polar surface area (TPSA) is 82.6 Å². The van der Waals surface area contributed by atoms with Gasteiger partial charge in [-0.3, -0.25) is 4.79 Å². The van der Waals surface area contributed by atoms with Crippen molar-refractivity contribution in [2.45, 2.75) is 13.1 Å². The van der Waals surface area contributed by atoms with Crippen LogP contribution >= 0.6 is 0 Å². The van der Waals surface area contributed by atoms with Crippen LogP contribution in [0, 0.1) is 6.92 Å². The number of aromatic nitrogens is 2. The van der Waals surface area contributed by atoms with Crippen LogP contribution in [0.25, 0.3) is 0 Å². The number of alkyl halides is 3. The lowest BCUT2D eigenvalue weighted by molar-refractivity contribution is -0.136. The number of halogens is 3. The summed E-state index contributed by atoms with van der Waals surface area (Å²) in [6.45, 7) is 8.00. The number of nitrogens with one attached hydrogen (secondary N) is 2. The van der Waals surface area contributed by atoms with Crippen LogP contribution in [0.4, 0.5) is 36.2 Å². The first-order valence-corrected chi connectivity index (χ1v) is 11.6. The number of carbonyl (C=O) groups excluding carboxylic acids is 1. The molecule has 1 fully saturated rings. The highest BCUT2D eigenvalue weighted by Crippen LogP contribution is 2.38. The second kappa shape index (κ2) is 10.9. The van der Waals surface area contributed by atoms with Crippen molar-refractivity contribution in [3.63, 3.8) is 0 Å². The van der Waals surface area contributed by atoms with Crippen molar-refractivity contribution < 1.29 is 22.7 Å². The average molecular weight is 513 g/mol. The molecule has 0 atom stereocenters. The van der Waals surface area contributed by atoms with Crippen molar-refractivity contribution in [3.8, 4) is 11.6 Å². The third-order valence-corrected chi connectivity index (χ3v) is 5.85. The SMILES string of the molecule is C=CC(=O)Nc1cccc(Oc2nc(Nc3ccc(N4CCN(C)CC4)cc3C(F)(F)F)ncc2C)c1. The highest BCUT2D eigenvalue weighted by Gasteiger charge is 2.34. The van der Waals surface area contributed by atoms with Gasteiger partial charge in [0.1, 0.15) is 5.75 Å².